The summed E-state index contributed by atoms with van der Waals surface area (Å²) in [6.07, 6.45) is 2.11. The molecule has 0 aliphatic heterocycles. The normalized spacial score (nSPS) is 10.7. The van der Waals surface area contributed by atoms with Gasteiger partial charge in [-0.15, -0.1) is 0 Å². The number of aromatic nitrogens is 2. The maximum Gasteiger partial charge on any atom is 0.225 e. The average molecular weight is 274 g/mol. The zero-order chi connectivity index (χ0) is 14.2. The number of anilines is 2. The van der Waals surface area contributed by atoms with E-state index in [1.54, 1.807) is 7.11 Å². The Morgan fingerprint density at radius 2 is 1.95 bits per heavy atom. The molecule has 1 aromatic heterocycles. The van der Waals surface area contributed by atoms with Crippen LogP contribution in [0, 0.1) is 0 Å². The maximum absolute atomic E-state index is 5.05. The van der Waals surface area contributed by atoms with E-state index in [1.807, 2.05) is 31.2 Å². The van der Waals surface area contributed by atoms with E-state index in [1.165, 1.54) is 0 Å². The fraction of sp³-hybridized carbons (Fsp3) is 0.467. The highest BCUT2D eigenvalue weighted by Gasteiger charge is 2.06. The summed E-state index contributed by atoms with van der Waals surface area (Å²) in [6, 6.07) is 8.05. The smallest absolute Gasteiger partial charge is 0.225 e. The molecule has 108 valence electrons. The van der Waals surface area contributed by atoms with Crippen LogP contribution in [0.25, 0.3) is 10.9 Å². The van der Waals surface area contributed by atoms with Gasteiger partial charge in [0.2, 0.25) is 5.95 Å². The lowest BCUT2D eigenvalue weighted by Gasteiger charge is -2.11. The highest BCUT2D eigenvalue weighted by Crippen LogP contribution is 2.21. The van der Waals surface area contributed by atoms with E-state index >= 15 is 0 Å². The van der Waals surface area contributed by atoms with E-state index < -0.39 is 0 Å². The van der Waals surface area contributed by atoms with Crippen LogP contribution in [-0.2, 0) is 4.74 Å². The zero-order valence-electron chi connectivity index (χ0n) is 12.1. The van der Waals surface area contributed by atoms with Gasteiger partial charge in [-0.05, 0) is 31.9 Å². The van der Waals surface area contributed by atoms with Gasteiger partial charge in [-0.25, -0.2) is 4.98 Å². The Morgan fingerprint density at radius 1 is 1.10 bits per heavy atom. The fourth-order valence-electron chi connectivity index (χ4n) is 2.03. The quantitative estimate of drug-likeness (QED) is 0.725. The van der Waals surface area contributed by atoms with E-state index in [4.69, 9.17) is 4.74 Å². The second-order valence-corrected chi connectivity index (χ2v) is 4.57. The van der Waals surface area contributed by atoms with Crippen molar-refractivity contribution in [1.82, 2.24) is 9.97 Å². The molecule has 2 N–H and O–H groups in total. The minimum Gasteiger partial charge on any atom is -0.385 e. The van der Waals surface area contributed by atoms with E-state index in [2.05, 4.69) is 20.6 Å². The molecule has 0 saturated heterocycles. The van der Waals surface area contributed by atoms with Crippen molar-refractivity contribution in [2.75, 3.05) is 37.4 Å². The molecule has 0 aliphatic carbocycles. The van der Waals surface area contributed by atoms with Gasteiger partial charge in [0.1, 0.15) is 5.82 Å². The first kappa shape index (κ1) is 14.5. The number of nitrogens with one attached hydrogen (secondary N) is 2. The molecule has 0 atom stereocenters. The lowest BCUT2D eigenvalue weighted by molar-refractivity contribution is 0.194. The van der Waals surface area contributed by atoms with Crippen LogP contribution in [-0.4, -0.2) is 36.8 Å². The summed E-state index contributed by atoms with van der Waals surface area (Å²) in [5.74, 6) is 1.56. The fourth-order valence-corrected chi connectivity index (χ4v) is 2.03. The summed E-state index contributed by atoms with van der Waals surface area (Å²) in [6.45, 7) is 4.53. The number of fused-ring (bicyclic) bond motifs is 1. The maximum atomic E-state index is 5.05. The zero-order valence-corrected chi connectivity index (χ0v) is 12.1. The van der Waals surface area contributed by atoms with Crippen LogP contribution in [0.4, 0.5) is 11.8 Å². The predicted molar refractivity (Wildman–Crippen MR) is 83.3 cm³/mol. The lowest BCUT2D eigenvalue weighted by atomic mass is 10.2. The molecule has 5 heteroatoms. The van der Waals surface area contributed by atoms with Crippen molar-refractivity contribution in [3.05, 3.63) is 24.3 Å². The lowest BCUT2D eigenvalue weighted by Crippen LogP contribution is -2.09. The second kappa shape index (κ2) is 7.65. The number of para-hydroxylation sites is 1. The summed E-state index contributed by atoms with van der Waals surface area (Å²) in [5.41, 5.74) is 0.956. The Balaban J connectivity index is 2.12. The van der Waals surface area contributed by atoms with Crippen molar-refractivity contribution in [1.29, 1.82) is 0 Å². The summed E-state index contributed by atoms with van der Waals surface area (Å²) in [5, 5.41) is 7.62. The van der Waals surface area contributed by atoms with Crippen molar-refractivity contribution >= 4 is 22.7 Å². The van der Waals surface area contributed by atoms with Gasteiger partial charge in [0.05, 0.1) is 5.52 Å². The third-order valence-corrected chi connectivity index (χ3v) is 3.01. The van der Waals surface area contributed by atoms with Gasteiger partial charge in [-0.2, -0.15) is 4.98 Å². The molecule has 20 heavy (non-hydrogen) atoms. The Morgan fingerprint density at radius 3 is 2.75 bits per heavy atom. The summed E-state index contributed by atoms with van der Waals surface area (Å²) < 4.78 is 5.05. The molecule has 5 nitrogen and oxygen atoms in total. The van der Waals surface area contributed by atoms with Gasteiger partial charge in [0.15, 0.2) is 0 Å². The predicted octanol–water partition coefficient (Wildman–Crippen LogP) is 2.90. The van der Waals surface area contributed by atoms with E-state index in [-0.39, 0.29) is 0 Å². The molecule has 2 aromatic rings. The number of benzene rings is 1. The second-order valence-electron chi connectivity index (χ2n) is 4.57. The monoisotopic (exact) mass is 274 g/mol. The molecule has 0 fully saturated rings. The number of rotatable bonds is 8. The topological polar surface area (TPSA) is 59.1 Å². The average Bonchev–Trinajstić information content (AvgIpc) is 2.47. The van der Waals surface area contributed by atoms with Crippen molar-refractivity contribution < 1.29 is 4.74 Å². The molecule has 0 amide bonds. The third kappa shape index (κ3) is 3.81. The molecule has 1 aromatic carbocycles. The number of hydrogen-bond acceptors (Lipinski definition) is 5. The number of ether oxygens (including phenoxy) is 1. The van der Waals surface area contributed by atoms with Gasteiger partial charge in [-0.3, -0.25) is 0 Å². The van der Waals surface area contributed by atoms with Gasteiger partial charge in [-0.1, -0.05) is 12.1 Å². The van der Waals surface area contributed by atoms with Crippen LogP contribution in [0.2, 0.25) is 0 Å². The van der Waals surface area contributed by atoms with Crippen LogP contribution in [0.1, 0.15) is 19.8 Å². The van der Waals surface area contributed by atoms with E-state index in [0.29, 0.717) is 5.95 Å². The summed E-state index contributed by atoms with van der Waals surface area (Å²) in [7, 11) is 1.73. The van der Waals surface area contributed by atoms with Gasteiger partial charge >= 0.3 is 0 Å². The van der Waals surface area contributed by atoms with Gasteiger partial charge < -0.3 is 15.4 Å². The van der Waals surface area contributed by atoms with Gasteiger partial charge in [0, 0.05) is 32.2 Å². The Kier molecular flexibility index (Phi) is 5.55. The molecular weight excluding hydrogens is 252 g/mol. The van der Waals surface area contributed by atoms with Crippen LogP contribution in [0.5, 0.6) is 0 Å². The number of unbranched alkanes of at least 4 members (excludes halogenated alkanes) is 1. The van der Waals surface area contributed by atoms with Crippen molar-refractivity contribution in [3.63, 3.8) is 0 Å². The molecule has 0 saturated carbocycles. The molecule has 1 heterocycles. The molecular formula is C15H22N4O. The van der Waals surface area contributed by atoms with E-state index in [0.717, 1.165) is 49.3 Å². The number of methoxy groups -OCH3 is 1. The molecule has 0 aliphatic rings. The van der Waals surface area contributed by atoms with Crippen LogP contribution in [0.3, 0.4) is 0 Å². The largest absolute Gasteiger partial charge is 0.385 e. The molecule has 0 radical (unpaired) electrons. The van der Waals surface area contributed by atoms with Gasteiger partial charge in [0.25, 0.3) is 0 Å². The number of hydrogen-bond donors (Lipinski definition) is 2. The van der Waals surface area contributed by atoms with Crippen LogP contribution in [0.15, 0.2) is 24.3 Å². The number of nitrogens with zero attached hydrogens (tertiary/aromatic N) is 2. The van der Waals surface area contributed by atoms with Crippen LogP contribution < -0.4 is 10.6 Å². The van der Waals surface area contributed by atoms with E-state index in [9.17, 15) is 0 Å². The Hall–Kier alpha value is -1.88. The molecule has 0 unspecified atom stereocenters. The molecule has 0 spiro atoms. The Labute approximate surface area is 119 Å². The van der Waals surface area contributed by atoms with Crippen LogP contribution >= 0.6 is 0 Å². The Bertz CT molecular complexity index is 544. The summed E-state index contributed by atoms with van der Waals surface area (Å²) >= 11 is 0. The minimum absolute atomic E-state index is 0.672. The first-order valence-electron chi connectivity index (χ1n) is 7.08. The highest BCUT2D eigenvalue weighted by molar-refractivity contribution is 5.89. The molecule has 0 bridgehead atoms. The summed E-state index contributed by atoms with van der Waals surface area (Å²) in [4.78, 5) is 9.04. The molecule has 2 rings (SSSR count). The standard InChI is InChI=1S/C15H22N4O/c1-3-16-15-18-13-9-5-4-8-12(13)14(19-15)17-10-6-7-11-20-2/h4-5,8-9H,3,6-7,10-11H2,1-2H3,(H2,16,17,18,19). The minimum atomic E-state index is 0.672. The van der Waals surface area contributed by atoms with Crippen molar-refractivity contribution in [2.45, 2.75) is 19.8 Å². The SMILES string of the molecule is CCNc1nc(NCCCCOC)c2ccccc2n1. The van der Waals surface area contributed by atoms with Crippen molar-refractivity contribution in [2.24, 2.45) is 0 Å². The first-order chi connectivity index (χ1) is 9.85. The first-order valence-corrected chi connectivity index (χ1v) is 7.08. The van der Waals surface area contributed by atoms with Crippen molar-refractivity contribution in [3.8, 4) is 0 Å². The third-order valence-electron chi connectivity index (χ3n) is 3.01. The highest BCUT2D eigenvalue weighted by atomic mass is 16.5.